The quantitative estimate of drug-likeness (QED) is 0.0109. The number of carbonyl (C=O) groups is 10. The molecule has 42 heteroatoms. The van der Waals surface area contributed by atoms with Crippen molar-refractivity contribution in [3.05, 3.63) is 159 Å². The second kappa shape index (κ2) is 28.1. The van der Waals surface area contributed by atoms with Gasteiger partial charge in [0.1, 0.15) is 0 Å². The van der Waals surface area contributed by atoms with Crippen LogP contribution in [0.25, 0.3) is 0 Å². The number of carbonyl (C=O) groups excluding carboxylic acids is 10. The molecule has 0 bridgehead atoms. The van der Waals surface area contributed by atoms with Gasteiger partial charge in [-0.25, -0.2) is 19.2 Å². The molecule has 576 valence electrons. The Balaban J connectivity index is 1.83. The third kappa shape index (κ3) is 12.8. The van der Waals surface area contributed by atoms with Crippen molar-refractivity contribution in [1.29, 1.82) is 0 Å². The van der Waals surface area contributed by atoms with Gasteiger partial charge in [0, 0.05) is 27.8 Å². The van der Waals surface area contributed by atoms with Gasteiger partial charge in [0.25, 0.3) is 22.6 Å². The Labute approximate surface area is 610 Å². The van der Waals surface area contributed by atoms with Crippen molar-refractivity contribution in [2.24, 2.45) is 0 Å². The van der Waals surface area contributed by atoms with Gasteiger partial charge in [-0.1, -0.05) is 0 Å². The zero-order chi connectivity index (χ0) is 82.8. The second-order valence-electron chi connectivity index (χ2n) is 23.3. The number of aliphatic hydroxyl groups is 1. The number of aliphatic hydroxyl groups excluding tert-OH is 1. The van der Waals surface area contributed by atoms with Crippen LogP contribution in [0.3, 0.4) is 0 Å². The smallest absolute Gasteiger partial charge is 0.340 e. The van der Waals surface area contributed by atoms with Crippen molar-refractivity contribution in [2.75, 3.05) is 6.61 Å². The van der Waals surface area contributed by atoms with Crippen LogP contribution in [0, 0.1) is 0 Å². The number of ketones is 6. The summed E-state index contributed by atoms with van der Waals surface area (Å²) in [4.78, 5) is 170. The first-order chi connectivity index (χ1) is 51.7. The average Bonchev–Trinajstić information content (AvgIpc) is 0.655. The number of hydrogen-bond donors (Lipinski definition) is 28. The minimum absolute atomic E-state index is 0.0769. The molecule has 0 fully saturated rings. The lowest BCUT2D eigenvalue weighted by atomic mass is 9.53. The van der Waals surface area contributed by atoms with E-state index in [4.69, 9.17) is 18.9 Å². The molecule has 9 aromatic carbocycles. The van der Waals surface area contributed by atoms with E-state index in [9.17, 15) is 143 Å². The monoisotopic (exact) mass is 1550 g/mol. The Morgan fingerprint density at radius 1 is 0.216 bits per heavy atom. The molecule has 0 spiro atoms. The lowest BCUT2D eigenvalue weighted by molar-refractivity contribution is -0.230. The van der Waals surface area contributed by atoms with Gasteiger partial charge in [0.15, 0.2) is 155 Å². The summed E-state index contributed by atoms with van der Waals surface area (Å²) in [5.41, 5.74) is -44.3. The molecular weight excluding hydrogens is 1500 g/mol. The Bertz CT molecular complexity index is 5370. The summed E-state index contributed by atoms with van der Waals surface area (Å²) in [5, 5.41) is 312. The number of phenols is 27. The molecule has 0 radical (unpaired) electrons. The Morgan fingerprint density at radius 3 is 0.640 bits per heavy atom. The zero-order valence-corrected chi connectivity index (χ0v) is 54.3. The standard InChI is InChI=1S/C69H48O42/c70-19-66(57(99)21-3-31(73)49(91)32(74)4-21,108-62(104)25-11-39(81)53(95)40(82)12-25)68(59(101)23-7-35(77)51(93)36(78)8-23,110-64(106)27-15-43(85)55(97)44(86)16-27)69(60(102)24-9-37(79)52(94)38(80)10-24,111-65(107)28-17-45(87)56(98)46(88)18-28)67(58(100)22-5-33(75)50(92)34(76)6-22,109-63(105)26-13-41(83)54(96)42(84)14-26)61(103)47(89)20-1-29(71)48(90)30(72)2-20/h1-18,70-88,90-98H,19H2/t66-,67-,68+,69+/m0/s1. The normalized spacial score (nSPS) is 13.3. The van der Waals surface area contributed by atoms with E-state index in [0.29, 0.717) is 0 Å². The van der Waals surface area contributed by atoms with Gasteiger partial charge >= 0.3 is 23.9 Å². The van der Waals surface area contributed by atoms with Gasteiger partial charge in [-0.05, 0) is 109 Å². The van der Waals surface area contributed by atoms with Crippen LogP contribution in [0.5, 0.6) is 155 Å². The topological polar surface area (TPSA) is 774 Å². The van der Waals surface area contributed by atoms with Crippen molar-refractivity contribution in [3.63, 3.8) is 0 Å². The number of Topliss-reactive ketones (excluding diaryl/α,β-unsaturated/α-hetero) is 6. The van der Waals surface area contributed by atoms with Crippen LogP contribution in [0.1, 0.15) is 93.2 Å². The molecule has 0 aliphatic heterocycles. The van der Waals surface area contributed by atoms with E-state index >= 15 is 47.9 Å². The maximum Gasteiger partial charge on any atom is 0.340 e. The molecule has 0 aliphatic carbocycles. The van der Waals surface area contributed by atoms with Crippen LogP contribution >= 0.6 is 0 Å². The minimum atomic E-state index is -6.81. The number of ether oxygens (including phenoxy) is 4. The first-order valence-corrected chi connectivity index (χ1v) is 29.8. The molecule has 0 aromatic heterocycles. The van der Waals surface area contributed by atoms with Crippen LogP contribution in [0.2, 0.25) is 0 Å². The fraction of sp³-hybridized carbons (Fsp3) is 0.0725. The summed E-state index contributed by atoms with van der Waals surface area (Å²) in [6, 6.07) is -4.16. The molecule has 0 unspecified atom stereocenters. The van der Waals surface area contributed by atoms with Crippen LogP contribution in [0.4, 0.5) is 0 Å². The third-order valence-corrected chi connectivity index (χ3v) is 16.5. The van der Waals surface area contributed by atoms with Crippen LogP contribution in [-0.4, -0.2) is 231 Å². The van der Waals surface area contributed by atoms with E-state index in [1.807, 2.05) is 0 Å². The van der Waals surface area contributed by atoms with Gasteiger partial charge in [-0.15, -0.1) is 0 Å². The Hall–Kier alpha value is -16.6. The summed E-state index contributed by atoms with van der Waals surface area (Å²) in [5.74, 6) is -83.0. The molecule has 0 amide bonds. The van der Waals surface area contributed by atoms with E-state index in [1.165, 1.54) is 0 Å². The predicted molar refractivity (Wildman–Crippen MR) is 349 cm³/mol. The highest BCUT2D eigenvalue weighted by Gasteiger charge is 2.90. The van der Waals surface area contributed by atoms with Gasteiger partial charge in [-0.3, -0.25) is 28.8 Å². The molecule has 0 aliphatic rings. The molecule has 9 rings (SSSR count). The lowest BCUT2D eigenvalue weighted by Crippen LogP contribution is -2.89. The maximum atomic E-state index is 18.3. The molecule has 111 heavy (non-hydrogen) atoms. The Morgan fingerprint density at radius 2 is 0.396 bits per heavy atom. The second-order valence-corrected chi connectivity index (χ2v) is 23.3. The first-order valence-electron chi connectivity index (χ1n) is 29.8. The van der Waals surface area contributed by atoms with E-state index < -0.39 is 293 Å². The number of rotatable bonds is 23. The number of esters is 4. The van der Waals surface area contributed by atoms with E-state index in [-0.39, 0.29) is 109 Å². The summed E-state index contributed by atoms with van der Waals surface area (Å²) < 4.78 is 23.6. The van der Waals surface area contributed by atoms with Crippen LogP contribution in [0.15, 0.2) is 109 Å². The van der Waals surface area contributed by atoms with Crippen molar-refractivity contribution >= 4 is 58.6 Å². The highest BCUT2D eigenvalue weighted by molar-refractivity contribution is 6.53. The van der Waals surface area contributed by atoms with Crippen LogP contribution in [-0.2, 0) is 23.7 Å². The zero-order valence-electron chi connectivity index (χ0n) is 54.3. The predicted octanol–water partition coefficient (Wildman–Crippen LogP) is 2.40. The van der Waals surface area contributed by atoms with Crippen molar-refractivity contribution in [1.82, 2.24) is 0 Å². The van der Waals surface area contributed by atoms with E-state index in [2.05, 4.69) is 0 Å². The number of phenolic OH excluding ortho intramolecular Hbond substituents is 27. The molecule has 0 heterocycles. The van der Waals surface area contributed by atoms with E-state index in [1.54, 1.807) is 0 Å². The highest BCUT2D eigenvalue weighted by atomic mass is 16.7. The fourth-order valence-corrected chi connectivity index (χ4v) is 11.2. The molecule has 0 saturated heterocycles. The molecule has 4 atom stereocenters. The number of hydrogen-bond acceptors (Lipinski definition) is 42. The van der Waals surface area contributed by atoms with Crippen molar-refractivity contribution in [2.45, 2.75) is 22.4 Å². The van der Waals surface area contributed by atoms with Gasteiger partial charge in [0.05, 0.1) is 28.9 Å². The van der Waals surface area contributed by atoms with E-state index in [0.717, 1.165) is 0 Å². The summed E-state index contributed by atoms with van der Waals surface area (Å²) in [6.45, 7) is -3.39. The molecular formula is C69H48O42. The number of aromatic hydroxyl groups is 27. The van der Waals surface area contributed by atoms with Crippen molar-refractivity contribution in [3.8, 4) is 155 Å². The first kappa shape index (κ1) is 78.6. The highest BCUT2D eigenvalue weighted by Crippen LogP contribution is 2.59. The summed E-state index contributed by atoms with van der Waals surface area (Å²) in [6.07, 6.45) is 0. The maximum absolute atomic E-state index is 18.3. The SMILES string of the molecule is O=C(O[C@](C(=O)C(=O)c1cc(O)c(O)c(O)c1)(C(=O)c1cc(O)c(O)c(O)c1)[C@](OC(=O)c1cc(O)c(O)c(O)c1)(C(=O)c1cc(O)c(O)c(O)c1)[C@@](OC(=O)c1cc(O)c(O)c(O)c1)(C(=O)c1cc(O)c(O)c(O)c1)[C@@](CO)(OC(=O)c1cc(O)c(O)c(O)c1)C(=O)c1cc(O)c(O)c(O)c1)c1cc(O)c(O)c(O)c1. The molecule has 9 aromatic rings. The van der Waals surface area contributed by atoms with Gasteiger partial charge < -0.3 is 162 Å². The molecule has 42 nitrogen and oxygen atoms in total. The van der Waals surface area contributed by atoms with Gasteiger partial charge in [0.2, 0.25) is 34.5 Å². The minimum Gasteiger partial charge on any atom is -0.504 e. The largest absolute Gasteiger partial charge is 0.504 e. The fourth-order valence-electron chi connectivity index (χ4n) is 11.2. The summed E-state index contributed by atoms with van der Waals surface area (Å²) in [7, 11) is 0. The average molecular weight is 1550 g/mol. The summed E-state index contributed by atoms with van der Waals surface area (Å²) >= 11 is 0. The molecule has 0 saturated carbocycles. The van der Waals surface area contributed by atoms with Crippen LogP contribution < -0.4 is 0 Å². The lowest BCUT2D eigenvalue weighted by Gasteiger charge is -2.57. The van der Waals surface area contributed by atoms with Gasteiger partial charge in [-0.2, -0.15) is 0 Å². The van der Waals surface area contributed by atoms with Crippen molar-refractivity contribution < 1.29 is 210 Å². The Kier molecular flexibility index (Phi) is 19.9. The molecule has 28 N–H and O–H groups in total. The number of benzene rings is 9. The third-order valence-electron chi connectivity index (χ3n) is 16.5.